The third-order valence-corrected chi connectivity index (χ3v) is 7.03. The molecule has 0 aliphatic heterocycles. The van der Waals surface area contributed by atoms with Gasteiger partial charge in [-0.3, -0.25) is 14.4 Å². The number of halogens is 1. The SMILES string of the molecule is CC(C)(C)OC(=O)N[C@@H](CC1CCCCC1)[C@@H](O)CC(=O)N[C@@H](CCC(=O)O)C(=O)NCCCc1ccc(F)cc1. The van der Waals surface area contributed by atoms with E-state index in [1.165, 1.54) is 12.1 Å². The fourth-order valence-corrected chi connectivity index (χ4v) is 4.95. The summed E-state index contributed by atoms with van der Waals surface area (Å²) in [7, 11) is 0. The van der Waals surface area contributed by atoms with Gasteiger partial charge in [0.1, 0.15) is 17.5 Å². The maximum Gasteiger partial charge on any atom is 0.407 e. The van der Waals surface area contributed by atoms with Crippen molar-refractivity contribution in [1.29, 1.82) is 0 Å². The molecule has 0 bridgehead atoms. The Hall–Kier alpha value is -3.21. The summed E-state index contributed by atoms with van der Waals surface area (Å²) in [6, 6.07) is 4.23. The molecule has 2 rings (SSSR count). The molecule has 0 saturated heterocycles. The molecule has 0 radical (unpaired) electrons. The van der Waals surface area contributed by atoms with Gasteiger partial charge in [-0.2, -0.15) is 0 Å². The Bertz CT molecular complexity index is 991. The first kappa shape index (κ1) is 34.0. The molecule has 1 fully saturated rings. The number of carbonyl (C=O) groups excluding carboxylic acids is 3. The molecule has 0 aromatic heterocycles. The zero-order valence-corrected chi connectivity index (χ0v) is 24.4. The Labute approximate surface area is 241 Å². The number of benzene rings is 1. The molecular weight excluding hydrogens is 533 g/mol. The average Bonchev–Trinajstić information content (AvgIpc) is 2.89. The lowest BCUT2D eigenvalue weighted by Crippen LogP contribution is -2.50. The van der Waals surface area contributed by atoms with E-state index in [2.05, 4.69) is 16.0 Å². The second-order valence-corrected chi connectivity index (χ2v) is 11.8. The highest BCUT2D eigenvalue weighted by molar-refractivity contribution is 5.88. The quantitative estimate of drug-likeness (QED) is 0.198. The van der Waals surface area contributed by atoms with E-state index in [4.69, 9.17) is 9.84 Å². The number of nitrogens with one attached hydrogen (secondary N) is 3. The van der Waals surface area contributed by atoms with E-state index < -0.39 is 47.7 Å². The third kappa shape index (κ3) is 14.3. The molecule has 0 heterocycles. The minimum Gasteiger partial charge on any atom is -0.481 e. The van der Waals surface area contributed by atoms with E-state index in [1.807, 2.05) is 0 Å². The Morgan fingerprint density at radius 2 is 1.71 bits per heavy atom. The molecule has 1 aliphatic carbocycles. The number of aliphatic hydroxyl groups excluding tert-OH is 1. The Balaban J connectivity index is 1.96. The van der Waals surface area contributed by atoms with Gasteiger partial charge in [-0.25, -0.2) is 9.18 Å². The normalized spacial score (nSPS) is 16.2. The van der Waals surface area contributed by atoms with Crippen molar-refractivity contribution >= 4 is 23.9 Å². The first-order valence-corrected chi connectivity index (χ1v) is 14.5. The minimum absolute atomic E-state index is 0.122. The zero-order chi connectivity index (χ0) is 30.4. The molecule has 5 N–H and O–H groups in total. The van der Waals surface area contributed by atoms with Gasteiger partial charge in [0.25, 0.3) is 0 Å². The molecule has 3 atom stereocenters. The van der Waals surface area contributed by atoms with Gasteiger partial charge >= 0.3 is 12.1 Å². The minimum atomic E-state index is -1.23. The lowest BCUT2D eigenvalue weighted by Gasteiger charge is -2.31. The predicted octanol–water partition coefficient (Wildman–Crippen LogP) is 3.84. The van der Waals surface area contributed by atoms with Crippen LogP contribution < -0.4 is 16.0 Å². The lowest BCUT2D eigenvalue weighted by atomic mass is 9.83. The number of amides is 3. The van der Waals surface area contributed by atoms with E-state index in [0.29, 0.717) is 25.2 Å². The van der Waals surface area contributed by atoms with Crippen molar-refractivity contribution in [3.63, 3.8) is 0 Å². The summed E-state index contributed by atoms with van der Waals surface area (Å²) in [5, 5.41) is 28.1. The van der Waals surface area contributed by atoms with Gasteiger partial charge in [0, 0.05) is 13.0 Å². The summed E-state index contributed by atoms with van der Waals surface area (Å²) < 4.78 is 18.4. The molecule has 1 saturated carbocycles. The van der Waals surface area contributed by atoms with E-state index in [0.717, 1.165) is 37.7 Å². The van der Waals surface area contributed by atoms with Crippen molar-refractivity contribution in [2.45, 2.75) is 115 Å². The van der Waals surface area contributed by atoms with Crippen LogP contribution in [0.3, 0.4) is 0 Å². The molecule has 1 aromatic rings. The number of carboxylic acid groups (broad SMARTS) is 1. The number of aliphatic carboxylic acids is 1. The molecule has 11 heteroatoms. The molecule has 0 unspecified atom stereocenters. The fraction of sp³-hybridized carbons (Fsp3) is 0.667. The van der Waals surface area contributed by atoms with E-state index >= 15 is 0 Å². The van der Waals surface area contributed by atoms with Crippen molar-refractivity contribution in [1.82, 2.24) is 16.0 Å². The smallest absolute Gasteiger partial charge is 0.407 e. The van der Waals surface area contributed by atoms with Gasteiger partial charge in [-0.15, -0.1) is 0 Å². The van der Waals surface area contributed by atoms with Crippen molar-refractivity contribution in [3.8, 4) is 0 Å². The van der Waals surface area contributed by atoms with Crippen molar-refractivity contribution in [3.05, 3.63) is 35.6 Å². The number of aliphatic hydroxyl groups is 1. The van der Waals surface area contributed by atoms with Crippen molar-refractivity contribution < 1.29 is 38.5 Å². The van der Waals surface area contributed by atoms with Crippen LogP contribution in [0.15, 0.2) is 24.3 Å². The number of aryl methyl sites for hydroxylation is 1. The summed E-state index contributed by atoms with van der Waals surface area (Å²) in [6.07, 6.45) is 4.16. The fourth-order valence-electron chi connectivity index (χ4n) is 4.95. The maximum absolute atomic E-state index is 13.1. The van der Waals surface area contributed by atoms with Crippen molar-refractivity contribution in [2.24, 2.45) is 5.92 Å². The number of carbonyl (C=O) groups is 4. The van der Waals surface area contributed by atoms with Crippen LogP contribution >= 0.6 is 0 Å². The van der Waals surface area contributed by atoms with Gasteiger partial charge in [0.2, 0.25) is 11.8 Å². The van der Waals surface area contributed by atoms with Crippen LogP contribution in [0.25, 0.3) is 0 Å². The van der Waals surface area contributed by atoms with Crippen LogP contribution in [0.4, 0.5) is 9.18 Å². The van der Waals surface area contributed by atoms with Gasteiger partial charge in [-0.05, 0) is 70.1 Å². The summed E-state index contributed by atoms with van der Waals surface area (Å²) in [5.41, 5.74) is 0.180. The predicted molar refractivity (Wildman–Crippen MR) is 152 cm³/mol. The molecule has 41 heavy (non-hydrogen) atoms. The monoisotopic (exact) mass is 579 g/mol. The highest BCUT2D eigenvalue weighted by Gasteiger charge is 2.30. The number of hydrogen-bond acceptors (Lipinski definition) is 6. The molecule has 10 nitrogen and oxygen atoms in total. The first-order chi connectivity index (χ1) is 19.3. The van der Waals surface area contributed by atoms with Crippen LogP contribution in [-0.4, -0.2) is 64.4 Å². The number of hydrogen-bond donors (Lipinski definition) is 5. The van der Waals surface area contributed by atoms with E-state index in [-0.39, 0.29) is 31.6 Å². The molecular formula is C30H46FN3O7. The second-order valence-electron chi connectivity index (χ2n) is 11.8. The summed E-state index contributed by atoms with van der Waals surface area (Å²) in [6.45, 7) is 5.48. The number of rotatable bonds is 15. The molecule has 0 spiro atoms. The molecule has 1 aromatic carbocycles. The third-order valence-electron chi connectivity index (χ3n) is 7.03. The van der Waals surface area contributed by atoms with Crippen LogP contribution in [0.5, 0.6) is 0 Å². The zero-order valence-electron chi connectivity index (χ0n) is 24.4. The van der Waals surface area contributed by atoms with E-state index in [1.54, 1.807) is 32.9 Å². The van der Waals surface area contributed by atoms with Crippen molar-refractivity contribution in [2.75, 3.05) is 6.54 Å². The first-order valence-electron chi connectivity index (χ1n) is 14.5. The Morgan fingerprint density at radius 1 is 1.05 bits per heavy atom. The number of alkyl carbamates (subject to hydrolysis) is 1. The van der Waals surface area contributed by atoms with Gasteiger partial charge in [0.05, 0.1) is 18.6 Å². The lowest BCUT2D eigenvalue weighted by molar-refractivity contribution is -0.138. The summed E-state index contributed by atoms with van der Waals surface area (Å²) in [4.78, 5) is 49.3. The standard InChI is InChI=1S/C30H46FN3O7/c1-30(2,3)41-29(40)34-24(18-21-8-5-4-6-9-21)25(35)19-26(36)33-23(15-16-27(37)38)28(39)32-17-7-10-20-11-13-22(31)14-12-20/h11-14,21,23-25,35H,4-10,15-19H2,1-3H3,(H,32,39)(H,33,36)(H,34,40)(H,37,38)/t23-,24-,25-/m0/s1. The number of ether oxygens (including phenoxy) is 1. The van der Waals surface area contributed by atoms with Crippen LogP contribution in [-0.2, 0) is 25.5 Å². The molecule has 3 amide bonds. The van der Waals surface area contributed by atoms with Crippen LogP contribution in [0, 0.1) is 11.7 Å². The largest absolute Gasteiger partial charge is 0.481 e. The van der Waals surface area contributed by atoms with E-state index in [9.17, 15) is 28.7 Å². The van der Waals surface area contributed by atoms with Crippen LogP contribution in [0.2, 0.25) is 0 Å². The highest BCUT2D eigenvalue weighted by atomic mass is 19.1. The van der Waals surface area contributed by atoms with Gasteiger partial charge in [-0.1, -0.05) is 44.2 Å². The maximum atomic E-state index is 13.1. The van der Waals surface area contributed by atoms with Gasteiger partial charge < -0.3 is 30.9 Å². The number of carboxylic acids is 1. The summed E-state index contributed by atoms with van der Waals surface area (Å²) in [5.74, 6) is -2.30. The molecule has 230 valence electrons. The highest BCUT2D eigenvalue weighted by Crippen LogP contribution is 2.28. The molecule has 1 aliphatic rings. The Morgan fingerprint density at radius 3 is 2.32 bits per heavy atom. The average molecular weight is 580 g/mol. The summed E-state index contributed by atoms with van der Waals surface area (Å²) >= 11 is 0. The topological polar surface area (TPSA) is 154 Å². The second kappa shape index (κ2) is 16.9. The van der Waals surface area contributed by atoms with Gasteiger partial charge in [0.15, 0.2) is 0 Å². The Kier molecular flexibility index (Phi) is 14.0. The van der Waals surface area contributed by atoms with Crippen LogP contribution in [0.1, 0.15) is 90.5 Å².